The topological polar surface area (TPSA) is 68.3 Å². The van der Waals surface area contributed by atoms with E-state index in [0.717, 1.165) is 10.9 Å². The Hall–Kier alpha value is -3.12. The van der Waals surface area contributed by atoms with Crippen molar-refractivity contribution in [1.29, 1.82) is 0 Å². The number of halogens is 1. The number of carbonyl (C=O) groups excluding carboxylic acids is 1. The zero-order chi connectivity index (χ0) is 19.8. The fraction of sp³-hybridized carbons (Fsp3) is 0.190. The van der Waals surface area contributed by atoms with E-state index in [9.17, 15) is 9.59 Å². The highest BCUT2D eigenvalue weighted by Crippen LogP contribution is 2.24. The van der Waals surface area contributed by atoms with Gasteiger partial charge in [0, 0.05) is 17.5 Å². The number of aromatic nitrogens is 2. The molecule has 0 aliphatic rings. The molecule has 0 saturated heterocycles. The number of para-hydroxylation sites is 1. The van der Waals surface area contributed by atoms with Crippen LogP contribution in [-0.2, 0) is 11.3 Å². The number of nitrogens with zero attached hydrogens (tertiary/aromatic N) is 3. The number of fused-ring (bicyclic) bond motifs is 3. The molecule has 4 rings (SSSR count). The molecule has 2 aromatic carbocycles. The van der Waals surface area contributed by atoms with Crippen molar-refractivity contribution in [3.63, 3.8) is 0 Å². The lowest BCUT2D eigenvalue weighted by molar-refractivity contribution is -0.132. The fourth-order valence-corrected chi connectivity index (χ4v) is 3.39. The van der Waals surface area contributed by atoms with E-state index in [4.69, 9.17) is 16.0 Å². The maximum absolute atomic E-state index is 12.8. The number of carbonyl (C=O) groups is 1. The Labute approximate surface area is 166 Å². The Morgan fingerprint density at radius 2 is 2.04 bits per heavy atom. The van der Waals surface area contributed by atoms with Crippen molar-refractivity contribution in [2.45, 2.75) is 19.5 Å². The van der Waals surface area contributed by atoms with E-state index in [2.05, 4.69) is 4.98 Å². The predicted molar refractivity (Wildman–Crippen MR) is 108 cm³/mol. The van der Waals surface area contributed by atoms with Crippen LogP contribution in [0, 0.1) is 0 Å². The normalized spacial score (nSPS) is 12.4. The molecule has 0 fully saturated rings. The minimum atomic E-state index is -0.377. The Balaban J connectivity index is 1.62. The maximum atomic E-state index is 12.8. The van der Waals surface area contributed by atoms with Crippen LogP contribution in [0.25, 0.3) is 22.1 Å². The molecule has 142 valence electrons. The molecule has 1 unspecified atom stereocenters. The first-order chi connectivity index (χ1) is 13.5. The Bertz CT molecular complexity index is 1240. The molecule has 0 bridgehead atoms. The Morgan fingerprint density at radius 3 is 2.82 bits per heavy atom. The highest BCUT2D eigenvalue weighted by Gasteiger charge is 2.20. The molecule has 1 amide bonds. The molecule has 4 aromatic rings. The van der Waals surface area contributed by atoms with Gasteiger partial charge in [-0.15, -0.1) is 0 Å². The van der Waals surface area contributed by atoms with Crippen molar-refractivity contribution < 1.29 is 9.21 Å². The number of hydrogen-bond acceptors (Lipinski definition) is 4. The van der Waals surface area contributed by atoms with Crippen LogP contribution in [0.4, 0.5) is 0 Å². The van der Waals surface area contributed by atoms with Gasteiger partial charge in [0.25, 0.3) is 5.56 Å². The molecule has 2 aromatic heterocycles. The van der Waals surface area contributed by atoms with Crippen molar-refractivity contribution in [3.8, 4) is 0 Å². The van der Waals surface area contributed by atoms with E-state index in [-0.39, 0.29) is 29.6 Å². The molecular weight excluding hydrogens is 378 g/mol. The first kappa shape index (κ1) is 18.3. The minimum absolute atomic E-state index is 0.125. The summed E-state index contributed by atoms with van der Waals surface area (Å²) >= 11 is 6.05. The summed E-state index contributed by atoms with van der Waals surface area (Å²) in [4.78, 5) is 31.5. The van der Waals surface area contributed by atoms with Crippen LogP contribution in [0.5, 0.6) is 0 Å². The standard InChI is InChI=1S/C21H18ClN3O3/c1-13(14-6-5-7-15(22)10-14)24(2)18(26)11-25-12-23-19-16-8-3-4-9-17(16)28-20(19)21(25)27/h3-10,12-13H,11H2,1-2H3. The first-order valence-corrected chi connectivity index (χ1v) is 9.21. The van der Waals surface area contributed by atoms with Crippen LogP contribution >= 0.6 is 11.6 Å². The summed E-state index contributed by atoms with van der Waals surface area (Å²) in [6.45, 7) is 1.78. The Morgan fingerprint density at radius 1 is 1.25 bits per heavy atom. The monoisotopic (exact) mass is 395 g/mol. The van der Waals surface area contributed by atoms with Gasteiger partial charge in [-0.1, -0.05) is 35.9 Å². The van der Waals surface area contributed by atoms with E-state index in [1.54, 1.807) is 24.1 Å². The van der Waals surface area contributed by atoms with Gasteiger partial charge < -0.3 is 9.32 Å². The second-order valence-electron chi connectivity index (χ2n) is 6.69. The zero-order valence-electron chi connectivity index (χ0n) is 15.4. The van der Waals surface area contributed by atoms with E-state index >= 15 is 0 Å². The lowest BCUT2D eigenvalue weighted by Crippen LogP contribution is -2.35. The molecule has 0 saturated carbocycles. The van der Waals surface area contributed by atoms with Crippen LogP contribution in [0.1, 0.15) is 18.5 Å². The van der Waals surface area contributed by atoms with Crippen molar-refractivity contribution in [2.75, 3.05) is 7.05 Å². The van der Waals surface area contributed by atoms with Crippen LogP contribution in [0.2, 0.25) is 5.02 Å². The molecule has 6 nitrogen and oxygen atoms in total. The van der Waals surface area contributed by atoms with Gasteiger partial charge in [-0.2, -0.15) is 0 Å². The highest BCUT2D eigenvalue weighted by molar-refractivity contribution is 6.30. The summed E-state index contributed by atoms with van der Waals surface area (Å²) in [6.07, 6.45) is 1.39. The van der Waals surface area contributed by atoms with Crippen molar-refractivity contribution in [1.82, 2.24) is 14.5 Å². The lowest BCUT2D eigenvalue weighted by Gasteiger charge is -2.25. The average Bonchev–Trinajstić information content (AvgIpc) is 3.08. The molecule has 0 spiro atoms. The van der Waals surface area contributed by atoms with Crippen LogP contribution < -0.4 is 5.56 Å². The quantitative estimate of drug-likeness (QED) is 0.523. The average molecular weight is 396 g/mol. The van der Waals surface area contributed by atoms with Crippen molar-refractivity contribution in [3.05, 3.63) is 75.8 Å². The SMILES string of the molecule is CC(c1cccc(Cl)c1)N(C)C(=O)Cn1cnc2c(oc3ccccc32)c1=O. The lowest BCUT2D eigenvalue weighted by atomic mass is 10.1. The largest absolute Gasteiger partial charge is 0.448 e. The number of benzene rings is 2. The maximum Gasteiger partial charge on any atom is 0.297 e. The third-order valence-corrected chi connectivity index (χ3v) is 5.20. The van der Waals surface area contributed by atoms with Gasteiger partial charge in [0.05, 0.1) is 12.4 Å². The summed E-state index contributed by atoms with van der Waals surface area (Å²) in [5, 5.41) is 1.39. The number of likely N-dealkylation sites (N-methyl/N-ethyl adjacent to an activating group) is 1. The van der Waals surface area contributed by atoms with Crippen LogP contribution in [-0.4, -0.2) is 27.4 Å². The van der Waals surface area contributed by atoms with Gasteiger partial charge in [0.1, 0.15) is 17.6 Å². The highest BCUT2D eigenvalue weighted by atomic mass is 35.5. The number of hydrogen-bond donors (Lipinski definition) is 0. The molecule has 1 atom stereocenters. The van der Waals surface area contributed by atoms with Gasteiger partial charge in [-0.25, -0.2) is 4.98 Å². The van der Waals surface area contributed by atoms with Gasteiger partial charge in [-0.3, -0.25) is 14.2 Å². The van der Waals surface area contributed by atoms with E-state index in [1.807, 2.05) is 43.3 Å². The molecule has 0 radical (unpaired) electrons. The molecular formula is C21H18ClN3O3. The van der Waals surface area contributed by atoms with E-state index in [0.29, 0.717) is 16.1 Å². The third-order valence-electron chi connectivity index (χ3n) is 4.96. The fourth-order valence-electron chi connectivity index (χ4n) is 3.19. The second-order valence-corrected chi connectivity index (χ2v) is 7.13. The molecule has 7 heteroatoms. The van der Waals surface area contributed by atoms with E-state index < -0.39 is 0 Å². The van der Waals surface area contributed by atoms with Gasteiger partial charge in [0.2, 0.25) is 11.5 Å². The summed E-state index contributed by atoms with van der Waals surface area (Å²) in [6, 6.07) is 14.5. The summed E-state index contributed by atoms with van der Waals surface area (Å²) < 4.78 is 6.93. The minimum Gasteiger partial charge on any atom is -0.448 e. The van der Waals surface area contributed by atoms with Gasteiger partial charge in [-0.05, 0) is 36.8 Å². The Kier molecular flexibility index (Phi) is 4.65. The number of furan rings is 1. The summed E-state index contributed by atoms with van der Waals surface area (Å²) in [5.74, 6) is -0.216. The summed E-state index contributed by atoms with van der Waals surface area (Å²) in [7, 11) is 1.70. The molecule has 28 heavy (non-hydrogen) atoms. The molecule has 0 aliphatic heterocycles. The second kappa shape index (κ2) is 7.13. The summed E-state index contributed by atoms with van der Waals surface area (Å²) in [5.41, 5.74) is 1.80. The molecule has 0 aliphatic carbocycles. The van der Waals surface area contributed by atoms with E-state index in [1.165, 1.54) is 10.9 Å². The van der Waals surface area contributed by atoms with Gasteiger partial charge in [0.15, 0.2) is 0 Å². The number of rotatable bonds is 4. The van der Waals surface area contributed by atoms with Crippen molar-refractivity contribution in [2.24, 2.45) is 0 Å². The van der Waals surface area contributed by atoms with Crippen molar-refractivity contribution >= 4 is 39.6 Å². The smallest absolute Gasteiger partial charge is 0.297 e. The number of amides is 1. The molecule has 2 heterocycles. The first-order valence-electron chi connectivity index (χ1n) is 8.83. The van der Waals surface area contributed by atoms with Gasteiger partial charge >= 0.3 is 0 Å². The third kappa shape index (κ3) is 3.16. The van der Waals surface area contributed by atoms with Crippen LogP contribution in [0.3, 0.4) is 0 Å². The molecule has 0 N–H and O–H groups in total. The zero-order valence-corrected chi connectivity index (χ0v) is 16.2. The predicted octanol–water partition coefficient (Wildman–Crippen LogP) is 4.02. The van der Waals surface area contributed by atoms with Crippen LogP contribution in [0.15, 0.2) is 64.1 Å².